The minimum Gasteiger partial charge on any atom is -0.469 e. The third-order valence-corrected chi connectivity index (χ3v) is 1.72. The number of hydrogen-bond donors (Lipinski definition) is 2. The first kappa shape index (κ1) is 13.4. The molecule has 2 atom stereocenters. The monoisotopic (exact) mass is 206 g/mol. The molecular formula is C9H18O5. The zero-order valence-electron chi connectivity index (χ0n) is 8.60. The van der Waals surface area contributed by atoms with Crippen LogP contribution in [0.1, 0.15) is 19.8 Å². The van der Waals surface area contributed by atoms with Gasteiger partial charge in [-0.15, -0.1) is 0 Å². The zero-order valence-corrected chi connectivity index (χ0v) is 8.60. The zero-order chi connectivity index (χ0) is 11.0. The highest BCUT2D eigenvalue weighted by atomic mass is 16.5. The Labute approximate surface area is 83.6 Å². The van der Waals surface area contributed by atoms with Crippen LogP contribution >= 0.6 is 0 Å². The molecule has 0 aromatic rings. The molecule has 2 unspecified atom stereocenters. The Morgan fingerprint density at radius 3 is 2.36 bits per heavy atom. The quantitative estimate of drug-likeness (QED) is 0.559. The van der Waals surface area contributed by atoms with Gasteiger partial charge >= 0.3 is 5.97 Å². The van der Waals surface area contributed by atoms with Crippen LogP contribution in [0.2, 0.25) is 0 Å². The Morgan fingerprint density at radius 2 is 1.86 bits per heavy atom. The Bertz CT molecular complexity index is 159. The Hall–Kier alpha value is -0.650. The van der Waals surface area contributed by atoms with E-state index in [1.807, 2.05) is 6.92 Å². The van der Waals surface area contributed by atoms with Crippen molar-refractivity contribution in [2.75, 3.05) is 20.3 Å². The largest absolute Gasteiger partial charge is 0.469 e. The lowest BCUT2D eigenvalue weighted by atomic mass is 10.2. The van der Waals surface area contributed by atoms with Crippen molar-refractivity contribution in [3.8, 4) is 0 Å². The summed E-state index contributed by atoms with van der Waals surface area (Å²) in [6.07, 6.45) is -0.863. The molecule has 0 spiro atoms. The van der Waals surface area contributed by atoms with Gasteiger partial charge in [-0.25, -0.2) is 0 Å². The fourth-order valence-corrected chi connectivity index (χ4v) is 0.793. The molecular weight excluding hydrogens is 188 g/mol. The molecule has 0 radical (unpaired) electrons. The second-order valence-corrected chi connectivity index (χ2v) is 3.03. The molecule has 0 rings (SSSR count). The highest BCUT2D eigenvalue weighted by molar-refractivity contribution is 5.69. The van der Waals surface area contributed by atoms with E-state index >= 15 is 0 Å². The molecule has 14 heavy (non-hydrogen) atoms. The van der Waals surface area contributed by atoms with Crippen LogP contribution in [0.15, 0.2) is 0 Å². The van der Waals surface area contributed by atoms with Gasteiger partial charge in [-0.1, -0.05) is 6.92 Å². The molecule has 0 aliphatic heterocycles. The van der Waals surface area contributed by atoms with Gasteiger partial charge in [0.15, 0.2) is 0 Å². The summed E-state index contributed by atoms with van der Waals surface area (Å²) in [5.41, 5.74) is 0. The normalized spacial score (nSPS) is 14.9. The standard InChI is InChI=1S/C9H18O5/c1-3-7(10)5-14-6-8(11)4-9(12)13-2/h7-8,10-11H,3-6H2,1-2H3. The molecule has 84 valence electrons. The third-order valence-electron chi connectivity index (χ3n) is 1.72. The molecule has 0 aromatic heterocycles. The van der Waals surface area contributed by atoms with Crippen molar-refractivity contribution in [2.45, 2.75) is 32.0 Å². The van der Waals surface area contributed by atoms with Gasteiger partial charge in [-0.3, -0.25) is 4.79 Å². The molecule has 2 N–H and O–H groups in total. The second kappa shape index (κ2) is 7.73. The number of ether oxygens (including phenoxy) is 2. The summed E-state index contributed by atoms with van der Waals surface area (Å²) < 4.78 is 9.35. The fraction of sp³-hybridized carbons (Fsp3) is 0.889. The minimum absolute atomic E-state index is 0.0339. The first-order valence-corrected chi connectivity index (χ1v) is 4.60. The number of carbonyl (C=O) groups excluding carboxylic acids is 1. The van der Waals surface area contributed by atoms with E-state index in [-0.39, 0.29) is 19.6 Å². The van der Waals surface area contributed by atoms with Crippen molar-refractivity contribution in [1.82, 2.24) is 0 Å². The average molecular weight is 206 g/mol. The summed E-state index contributed by atoms with van der Waals surface area (Å²) in [6.45, 7) is 2.04. The minimum atomic E-state index is -0.869. The lowest BCUT2D eigenvalue weighted by Crippen LogP contribution is -2.23. The summed E-state index contributed by atoms with van der Waals surface area (Å²) in [6, 6.07) is 0. The maximum absolute atomic E-state index is 10.7. The predicted octanol–water partition coefficient (Wildman–Crippen LogP) is -0.302. The van der Waals surface area contributed by atoms with Crippen molar-refractivity contribution < 1.29 is 24.5 Å². The number of hydrogen-bond acceptors (Lipinski definition) is 5. The molecule has 0 saturated heterocycles. The first-order chi connectivity index (χ1) is 6.60. The maximum Gasteiger partial charge on any atom is 0.308 e. The molecule has 0 aromatic carbocycles. The van der Waals surface area contributed by atoms with E-state index < -0.39 is 18.2 Å². The summed E-state index contributed by atoms with van der Waals surface area (Å²) >= 11 is 0. The average Bonchev–Trinajstić information content (AvgIpc) is 2.17. The number of esters is 1. The van der Waals surface area contributed by atoms with Crippen LogP contribution in [0.3, 0.4) is 0 Å². The van der Waals surface area contributed by atoms with Gasteiger partial charge in [-0.05, 0) is 6.42 Å². The number of methoxy groups -OCH3 is 1. The molecule has 0 aliphatic rings. The van der Waals surface area contributed by atoms with Gasteiger partial charge < -0.3 is 19.7 Å². The van der Waals surface area contributed by atoms with Crippen molar-refractivity contribution in [1.29, 1.82) is 0 Å². The van der Waals surface area contributed by atoms with Crippen molar-refractivity contribution in [2.24, 2.45) is 0 Å². The number of rotatable bonds is 7. The number of carbonyl (C=O) groups is 1. The smallest absolute Gasteiger partial charge is 0.308 e. The van der Waals surface area contributed by atoms with Crippen molar-refractivity contribution >= 4 is 5.97 Å². The van der Waals surface area contributed by atoms with Gasteiger partial charge in [0.25, 0.3) is 0 Å². The molecule has 0 saturated carbocycles. The van der Waals surface area contributed by atoms with Crippen LogP contribution in [-0.2, 0) is 14.3 Å². The summed E-state index contributed by atoms with van der Waals surface area (Å²) in [7, 11) is 1.26. The van der Waals surface area contributed by atoms with Crippen LogP contribution in [0, 0.1) is 0 Å². The summed E-state index contributed by atoms with van der Waals surface area (Å²) in [4.78, 5) is 10.7. The van der Waals surface area contributed by atoms with Crippen LogP contribution in [0.25, 0.3) is 0 Å². The van der Waals surface area contributed by atoms with E-state index in [2.05, 4.69) is 4.74 Å². The van der Waals surface area contributed by atoms with Crippen molar-refractivity contribution in [3.63, 3.8) is 0 Å². The highest BCUT2D eigenvalue weighted by Gasteiger charge is 2.11. The van der Waals surface area contributed by atoms with Gasteiger partial charge in [0.2, 0.25) is 0 Å². The molecule has 0 bridgehead atoms. The molecule has 0 fully saturated rings. The van der Waals surface area contributed by atoms with E-state index in [0.717, 1.165) is 0 Å². The predicted molar refractivity (Wildman–Crippen MR) is 49.8 cm³/mol. The second-order valence-electron chi connectivity index (χ2n) is 3.03. The molecule has 5 nitrogen and oxygen atoms in total. The number of aliphatic hydroxyl groups is 2. The van der Waals surface area contributed by atoms with E-state index in [9.17, 15) is 9.90 Å². The van der Waals surface area contributed by atoms with E-state index in [1.54, 1.807) is 0 Å². The third kappa shape index (κ3) is 6.82. The van der Waals surface area contributed by atoms with Gasteiger partial charge in [-0.2, -0.15) is 0 Å². The lowest BCUT2D eigenvalue weighted by Gasteiger charge is -2.12. The Morgan fingerprint density at radius 1 is 1.29 bits per heavy atom. The van der Waals surface area contributed by atoms with Gasteiger partial charge in [0.05, 0.1) is 39.0 Å². The Balaban J connectivity index is 3.44. The van der Waals surface area contributed by atoms with Gasteiger partial charge in [0, 0.05) is 0 Å². The topological polar surface area (TPSA) is 76.0 Å². The lowest BCUT2D eigenvalue weighted by molar-refractivity contribution is -0.143. The molecule has 0 aliphatic carbocycles. The Kier molecular flexibility index (Phi) is 7.37. The van der Waals surface area contributed by atoms with E-state index in [1.165, 1.54) is 7.11 Å². The highest BCUT2D eigenvalue weighted by Crippen LogP contribution is 1.97. The van der Waals surface area contributed by atoms with Crippen LogP contribution < -0.4 is 0 Å². The molecule has 0 amide bonds. The summed E-state index contributed by atoms with van der Waals surface area (Å²) in [5.74, 6) is -0.475. The number of aliphatic hydroxyl groups excluding tert-OH is 2. The fourth-order valence-electron chi connectivity index (χ4n) is 0.793. The van der Waals surface area contributed by atoms with Crippen LogP contribution in [0.5, 0.6) is 0 Å². The van der Waals surface area contributed by atoms with Gasteiger partial charge in [0.1, 0.15) is 0 Å². The van der Waals surface area contributed by atoms with E-state index in [4.69, 9.17) is 9.84 Å². The first-order valence-electron chi connectivity index (χ1n) is 4.60. The van der Waals surface area contributed by atoms with Crippen molar-refractivity contribution in [3.05, 3.63) is 0 Å². The summed E-state index contributed by atoms with van der Waals surface area (Å²) in [5, 5.41) is 18.3. The van der Waals surface area contributed by atoms with Crippen LogP contribution in [0.4, 0.5) is 0 Å². The SMILES string of the molecule is CCC(O)COCC(O)CC(=O)OC. The molecule has 5 heteroatoms. The maximum atomic E-state index is 10.7. The van der Waals surface area contributed by atoms with Crippen LogP contribution in [-0.4, -0.2) is 48.7 Å². The molecule has 0 heterocycles. The van der Waals surface area contributed by atoms with E-state index in [0.29, 0.717) is 6.42 Å².